The van der Waals surface area contributed by atoms with Crippen molar-refractivity contribution in [3.05, 3.63) is 59.1 Å². The second-order valence-electron chi connectivity index (χ2n) is 5.50. The van der Waals surface area contributed by atoms with Crippen LogP contribution in [0.25, 0.3) is 0 Å². The first kappa shape index (κ1) is 20.2. The number of nitrogens with one attached hydrogen (secondary N) is 2. The highest BCUT2D eigenvalue weighted by molar-refractivity contribution is 7.89. The maximum absolute atomic E-state index is 12.1. The van der Waals surface area contributed by atoms with E-state index in [-0.39, 0.29) is 10.9 Å². The summed E-state index contributed by atoms with van der Waals surface area (Å²) >= 11 is 5.95. The van der Waals surface area contributed by atoms with Gasteiger partial charge in [-0.05, 0) is 48.9 Å². The Kier molecular flexibility index (Phi) is 6.60. The highest BCUT2D eigenvalue weighted by atomic mass is 35.5. The van der Waals surface area contributed by atoms with E-state index in [4.69, 9.17) is 16.4 Å². The topological polar surface area (TPSA) is 87.7 Å². The number of benzene rings is 2. The third-order valence-corrected chi connectivity index (χ3v) is 5.63. The van der Waals surface area contributed by atoms with E-state index in [1.165, 1.54) is 38.4 Å². The quantitative estimate of drug-likeness (QED) is 0.731. The molecule has 2 aromatic rings. The highest BCUT2D eigenvalue weighted by Gasteiger charge is 2.20. The minimum absolute atomic E-state index is 0.0557. The molecule has 0 saturated carbocycles. The molecule has 0 aliphatic heterocycles. The van der Waals surface area contributed by atoms with Crippen LogP contribution in [0.2, 0.25) is 5.02 Å². The maximum atomic E-state index is 12.1. The van der Waals surface area contributed by atoms with E-state index in [1.54, 1.807) is 12.1 Å². The Balaban J connectivity index is 2.01. The molecular formula is C17H20ClN3O4S. The molecule has 2 N–H and O–H groups in total. The van der Waals surface area contributed by atoms with Crippen LogP contribution in [0.3, 0.4) is 0 Å². The number of hydrogen-bond donors (Lipinski definition) is 2. The summed E-state index contributed by atoms with van der Waals surface area (Å²) in [6, 6.07) is 12.3. The molecule has 7 nitrogen and oxygen atoms in total. The van der Waals surface area contributed by atoms with E-state index in [2.05, 4.69) is 10.6 Å². The lowest BCUT2D eigenvalue weighted by Gasteiger charge is -2.16. The van der Waals surface area contributed by atoms with Crippen molar-refractivity contribution in [1.82, 2.24) is 9.79 Å². The standard InChI is InChI=1S/C17H20ClN3O4S/c1-12(13-5-4-6-14(18)11-13)19-17(22)20-15-7-9-16(10-8-15)26(23,24)21(2)25-3/h4-12H,1-3H3,(H2,19,20,22)/t12-/m1/s1. The summed E-state index contributed by atoms with van der Waals surface area (Å²) in [6.45, 7) is 1.83. The second-order valence-corrected chi connectivity index (χ2v) is 7.87. The van der Waals surface area contributed by atoms with Crippen molar-refractivity contribution in [2.75, 3.05) is 19.5 Å². The largest absolute Gasteiger partial charge is 0.331 e. The predicted octanol–water partition coefficient (Wildman–Crippen LogP) is 3.40. The molecular weight excluding hydrogens is 378 g/mol. The minimum Gasteiger partial charge on any atom is -0.331 e. The minimum atomic E-state index is -3.72. The van der Waals surface area contributed by atoms with Gasteiger partial charge in [0.15, 0.2) is 0 Å². The van der Waals surface area contributed by atoms with Gasteiger partial charge in [0.1, 0.15) is 0 Å². The van der Waals surface area contributed by atoms with Crippen LogP contribution in [0.15, 0.2) is 53.4 Å². The Morgan fingerprint density at radius 3 is 2.42 bits per heavy atom. The third kappa shape index (κ3) is 4.95. The molecule has 140 valence electrons. The molecule has 0 aromatic heterocycles. The van der Waals surface area contributed by atoms with Gasteiger partial charge in [0, 0.05) is 17.8 Å². The zero-order valence-electron chi connectivity index (χ0n) is 14.6. The lowest BCUT2D eigenvalue weighted by Crippen LogP contribution is -2.31. The SMILES string of the molecule is CON(C)S(=O)(=O)c1ccc(NC(=O)N[C@H](C)c2cccc(Cl)c2)cc1. The number of amides is 2. The van der Waals surface area contributed by atoms with Crippen molar-refractivity contribution in [3.63, 3.8) is 0 Å². The van der Waals surface area contributed by atoms with Crippen molar-refractivity contribution in [2.24, 2.45) is 0 Å². The van der Waals surface area contributed by atoms with E-state index >= 15 is 0 Å². The van der Waals surface area contributed by atoms with E-state index in [0.29, 0.717) is 10.7 Å². The summed E-state index contributed by atoms with van der Waals surface area (Å²) in [4.78, 5) is 16.9. The number of nitrogens with zero attached hydrogens (tertiary/aromatic N) is 1. The van der Waals surface area contributed by atoms with E-state index in [0.717, 1.165) is 10.0 Å². The number of sulfonamides is 1. The molecule has 2 aromatic carbocycles. The molecule has 0 saturated heterocycles. The summed E-state index contributed by atoms with van der Waals surface area (Å²) in [5.74, 6) is 0. The molecule has 2 rings (SSSR count). The summed E-state index contributed by atoms with van der Waals surface area (Å²) in [5, 5.41) is 6.04. The van der Waals surface area contributed by atoms with Gasteiger partial charge in [-0.3, -0.25) is 4.84 Å². The monoisotopic (exact) mass is 397 g/mol. The number of anilines is 1. The van der Waals surface area contributed by atoms with Crippen LogP contribution in [0.4, 0.5) is 10.5 Å². The van der Waals surface area contributed by atoms with Crippen LogP contribution in [-0.4, -0.2) is 33.1 Å². The summed E-state index contributed by atoms with van der Waals surface area (Å²) in [6.07, 6.45) is 0. The number of hydrogen-bond acceptors (Lipinski definition) is 4. The van der Waals surface area contributed by atoms with E-state index in [9.17, 15) is 13.2 Å². The number of rotatable bonds is 6. The lowest BCUT2D eigenvalue weighted by atomic mass is 10.1. The van der Waals surface area contributed by atoms with Crippen molar-refractivity contribution >= 4 is 33.3 Å². The number of halogens is 1. The fourth-order valence-electron chi connectivity index (χ4n) is 2.18. The third-order valence-electron chi connectivity index (χ3n) is 3.70. The molecule has 0 fully saturated rings. The van der Waals surface area contributed by atoms with Crippen LogP contribution in [0.5, 0.6) is 0 Å². The first-order chi connectivity index (χ1) is 12.2. The van der Waals surface area contributed by atoms with Crippen molar-refractivity contribution < 1.29 is 18.0 Å². The molecule has 9 heteroatoms. The zero-order chi connectivity index (χ0) is 19.3. The van der Waals surface area contributed by atoms with Crippen molar-refractivity contribution in [2.45, 2.75) is 17.9 Å². The van der Waals surface area contributed by atoms with Gasteiger partial charge < -0.3 is 10.6 Å². The Morgan fingerprint density at radius 2 is 1.85 bits per heavy atom. The molecule has 26 heavy (non-hydrogen) atoms. The van der Waals surface area contributed by atoms with Gasteiger partial charge in [-0.25, -0.2) is 13.2 Å². The normalized spacial score (nSPS) is 12.7. The number of urea groups is 1. The van der Waals surface area contributed by atoms with Gasteiger partial charge >= 0.3 is 6.03 Å². The first-order valence-electron chi connectivity index (χ1n) is 7.70. The Labute approximate surface area is 157 Å². The second kappa shape index (κ2) is 8.50. The Morgan fingerprint density at radius 1 is 1.19 bits per heavy atom. The Bertz CT molecular complexity index is 872. The van der Waals surface area contributed by atoms with Gasteiger partial charge in [0.2, 0.25) is 0 Å². The summed E-state index contributed by atoms with van der Waals surface area (Å²) in [5.41, 5.74) is 1.33. The highest BCUT2D eigenvalue weighted by Crippen LogP contribution is 2.19. The van der Waals surface area contributed by atoms with Crippen molar-refractivity contribution in [1.29, 1.82) is 0 Å². The smallest absolute Gasteiger partial charge is 0.319 e. The summed E-state index contributed by atoms with van der Waals surface area (Å²) < 4.78 is 25.0. The van der Waals surface area contributed by atoms with Crippen LogP contribution in [0.1, 0.15) is 18.5 Å². The van der Waals surface area contributed by atoms with Crippen LogP contribution < -0.4 is 10.6 Å². The molecule has 0 spiro atoms. The molecule has 1 atom stereocenters. The molecule has 0 aliphatic rings. The average molecular weight is 398 g/mol. The molecule has 2 amide bonds. The Hall–Kier alpha value is -2.13. The zero-order valence-corrected chi connectivity index (χ0v) is 16.1. The molecule has 0 radical (unpaired) electrons. The van der Waals surface area contributed by atoms with Gasteiger partial charge in [-0.1, -0.05) is 28.2 Å². The fraction of sp³-hybridized carbons (Fsp3) is 0.235. The number of carbonyl (C=O) groups is 1. The van der Waals surface area contributed by atoms with Gasteiger partial charge in [-0.2, -0.15) is 0 Å². The number of hydroxylamine groups is 1. The fourth-order valence-corrected chi connectivity index (χ4v) is 3.35. The predicted molar refractivity (Wildman–Crippen MR) is 100 cm³/mol. The first-order valence-corrected chi connectivity index (χ1v) is 9.52. The van der Waals surface area contributed by atoms with Crippen LogP contribution >= 0.6 is 11.6 Å². The van der Waals surface area contributed by atoms with Gasteiger partial charge in [0.05, 0.1) is 18.0 Å². The van der Waals surface area contributed by atoms with E-state index < -0.39 is 16.1 Å². The molecule has 0 unspecified atom stereocenters. The molecule has 0 heterocycles. The maximum Gasteiger partial charge on any atom is 0.319 e. The summed E-state index contributed by atoms with van der Waals surface area (Å²) in [7, 11) is -1.16. The molecule has 0 aliphatic carbocycles. The lowest BCUT2D eigenvalue weighted by molar-refractivity contribution is -0.0258. The van der Waals surface area contributed by atoms with Gasteiger partial charge in [0.25, 0.3) is 10.0 Å². The molecule has 0 bridgehead atoms. The van der Waals surface area contributed by atoms with Crippen LogP contribution in [-0.2, 0) is 14.9 Å². The van der Waals surface area contributed by atoms with Crippen molar-refractivity contribution in [3.8, 4) is 0 Å². The van der Waals surface area contributed by atoms with Crippen LogP contribution in [0, 0.1) is 0 Å². The van der Waals surface area contributed by atoms with Gasteiger partial charge in [-0.15, -0.1) is 0 Å². The van der Waals surface area contributed by atoms with E-state index in [1.807, 2.05) is 19.1 Å². The average Bonchev–Trinajstić information content (AvgIpc) is 2.61. The number of carbonyl (C=O) groups excluding carboxylic acids is 1.